The Hall–Kier alpha value is -1.82. The number of pyridine rings is 1. The van der Waals surface area contributed by atoms with Gasteiger partial charge in [0.05, 0.1) is 36.8 Å². The topological polar surface area (TPSA) is 97.5 Å². The molecule has 0 aromatic carbocycles. The zero-order valence-corrected chi connectivity index (χ0v) is 10.4. The predicted octanol–water partition coefficient (Wildman–Crippen LogP) is 1.20. The number of carbonyl (C=O) groups is 1. The largest absolute Gasteiger partial charge is 0.477 e. The van der Waals surface area contributed by atoms with Crippen molar-refractivity contribution >= 4 is 17.3 Å². The summed E-state index contributed by atoms with van der Waals surface area (Å²) in [7, 11) is 0. The van der Waals surface area contributed by atoms with E-state index in [0.717, 1.165) is 0 Å². The SMILES string of the molecule is CC1(C)COCC1Nc1cc(C(=O)O)ncc1N. The Kier molecular flexibility index (Phi) is 3.13. The van der Waals surface area contributed by atoms with Crippen molar-refractivity contribution in [3.05, 3.63) is 18.0 Å². The van der Waals surface area contributed by atoms with Gasteiger partial charge in [0, 0.05) is 5.41 Å². The van der Waals surface area contributed by atoms with Crippen molar-refractivity contribution < 1.29 is 14.6 Å². The average molecular weight is 251 g/mol. The van der Waals surface area contributed by atoms with Crippen molar-refractivity contribution in [1.82, 2.24) is 4.98 Å². The molecule has 6 nitrogen and oxygen atoms in total. The third-order valence-corrected chi connectivity index (χ3v) is 3.19. The molecule has 98 valence electrons. The van der Waals surface area contributed by atoms with Gasteiger partial charge in [-0.3, -0.25) is 0 Å². The molecule has 18 heavy (non-hydrogen) atoms. The van der Waals surface area contributed by atoms with Crippen LogP contribution < -0.4 is 11.1 Å². The fourth-order valence-corrected chi connectivity index (χ4v) is 1.90. The van der Waals surface area contributed by atoms with Crippen LogP contribution in [0.25, 0.3) is 0 Å². The summed E-state index contributed by atoms with van der Waals surface area (Å²) in [5, 5.41) is 12.1. The zero-order valence-electron chi connectivity index (χ0n) is 10.4. The first-order chi connectivity index (χ1) is 8.40. The number of hydrogen-bond acceptors (Lipinski definition) is 5. The molecular formula is C12H17N3O3. The molecular weight excluding hydrogens is 234 g/mol. The first-order valence-corrected chi connectivity index (χ1v) is 5.73. The molecule has 1 aliphatic rings. The third kappa shape index (κ3) is 2.38. The van der Waals surface area contributed by atoms with E-state index in [-0.39, 0.29) is 17.2 Å². The lowest BCUT2D eigenvalue weighted by Gasteiger charge is -2.26. The fourth-order valence-electron chi connectivity index (χ4n) is 1.90. The zero-order chi connectivity index (χ0) is 13.3. The highest BCUT2D eigenvalue weighted by atomic mass is 16.5. The maximum Gasteiger partial charge on any atom is 0.354 e. The highest BCUT2D eigenvalue weighted by Crippen LogP contribution is 2.31. The van der Waals surface area contributed by atoms with Gasteiger partial charge in [-0.15, -0.1) is 0 Å². The molecule has 1 saturated heterocycles. The maximum absolute atomic E-state index is 10.9. The number of nitrogens with one attached hydrogen (secondary N) is 1. The quantitative estimate of drug-likeness (QED) is 0.746. The van der Waals surface area contributed by atoms with Gasteiger partial charge in [-0.25, -0.2) is 9.78 Å². The van der Waals surface area contributed by atoms with E-state index in [4.69, 9.17) is 15.6 Å². The highest BCUT2D eigenvalue weighted by molar-refractivity contribution is 5.87. The molecule has 0 spiro atoms. The second-order valence-electron chi connectivity index (χ2n) is 5.16. The van der Waals surface area contributed by atoms with Gasteiger partial charge in [0.2, 0.25) is 0 Å². The summed E-state index contributed by atoms with van der Waals surface area (Å²) in [6.45, 7) is 5.43. The number of hydrogen-bond donors (Lipinski definition) is 3. The van der Waals surface area contributed by atoms with Crippen LogP contribution in [-0.4, -0.2) is 35.3 Å². The van der Waals surface area contributed by atoms with Gasteiger partial charge in [-0.2, -0.15) is 0 Å². The molecule has 1 aromatic heterocycles. The van der Waals surface area contributed by atoms with Gasteiger partial charge in [-0.1, -0.05) is 13.8 Å². The minimum atomic E-state index is -1.07. The van der Waals surface area contributed by atoms with E-state index < -0.39 is 5.97 Å². The summed E-state index contributed by atoms with van der Waals surface area (Å²) in [5.41, 5.74) is 6.78. The van der Waals surface area contributed by atoms with E-state index in [1.54, 1.807) is 0 Å². The average Bonchev–Trinajstić information content (AvgIpc) is 2.61. The highest BCUT2D eigenvalue weighted by Gasteiger charge is 2.35. The minimum Gasteiger partial charge on any atom is -0.477 e. The van der Waals surface area contributed by atoms with Crippen LogP contribution in [0.1, 0.15) is 24.3 Å². The van der Waals surface area contributed by atoms with Crippen LogP contribution in [0.4, 0.5) is 11.4 Å². The number of nitrogens with zero attached hydrogens (tertiary/aromatic N) is 1. The van der Waals surface area contributed by atoms with Gasteiger partial charge < -0.3 is 20.9 Å². The molecule has 0 saturated carbocycles. The van der Waals surface area contributed by atoms with E-state index in [0.29, 0.717) is 24.6 Å². The normalized spacial score (nSPS) is 21.8. The Morgan fingerprint density at radius 1 is 1.67 bits per heavy atom. The lowest BCUT2D eigenvalue weighted by atomic mass is 9.88. The first-order valence-electron chi connectivity index (χ1n) is 5.73. The number of aromatic carboxylic acids is 1. The summed E-state index contributed by atoms with van der Waals surface area (Å²) in [6, 6.07) is 1.55. The number of aromatic nitrogens is 1. The van der Waals surface area contributed by atoms with Crippen LogP contribution in [0.15, 0.2) is 12.3 Å². The van der Waals surface area contributed by atoms with Crippen LogP contribution in [0.5, 0.6) is 0 Å². The number of anilines is 2. The van der Waals surface area contributed by atoms with Crippen molar-refractivity contribution in [2.24, 2.45) is 5.41 Å². The molecule has 1 aromatic rings. The van der Waals surface area contributed by atoms with Crippen molar-refractivity contribution in [2.45, 2.75) is 19.9 Å². The van der Waals surface area contributed by atoms with Gasteiger partial charge in [0.15, 0.2) is 0 Å². The molecule has 2 rings (SSSR count). The van der Waals surface area contributed by atoms with Gasteiger partial charge in [-0.05, 0) is 6.07 Å². The number of nitrogens with two attached hydrogens (primary N) is 1. The third-order valence-electron chi connectivity index (χ3n) is 3.19. The van der Waals surface area contributed by atoms with E-state index >= 15 is 0 Å². The van der Waals surface area contributed by atoms with Crippen LogP contribution in [0, 0.1) is 5.41 Å². The van der Waals surface area contributed by atoms with Crippen molar-refractivity contribution in [3.63, 3.8) is 0 Å². The van der Waals surface area contributed by atoms with E-state index in [2.05, 4.69) is 24.1 Å². The van der Waals surface area contributed by atoms with Gasteiger partial charge in [0.25, 0.3) is 0 Å². The van der Waals surface area contributed by atoms with Crippen molar-refractivity contribution in [3.8, 4) is 0 Å². The molecule has 4 N–H and O–H groups in total. The summed E-state index contributed by atoms with van der Waals surface area (Å²) in [4.78, 5) is 14.6. The first kappa shape index (κ1) is 12.6. The number of nitrogen functional groups attached to an aromatic ring is 1. The number of ether oxygens (including phenoxy) is 1. The molecule has 2 heterocycles. The molecule has 0 radical (unpaired) electrons. The Bertz CT molecular complexity index is 474. The summed E-state index contributed by atoms with van der Waals surface area (Å²) >= 11 is 0. The molecule has 1 aliphatic heterocycles. The van der Waals surface area contributed by atoms with Crippen LogP contribution in [0.3, 0.4) is 0 Å². The Labute approximate surface area is 105 Å². The van der Waals surface area contributed by atoms with Crippen molar-refractivity contribution in [2.75, 3.05) is 24.3 Å². The van der Waals surface area contributed by atoms with Crippen molar-refractivity contribution in [1.29, 1.82) is 0 Å². The minimum absolute atomic E-state index is 0.0148. The predicted molar refractivity (Wildman–Crippen MR) is 67.6 cm³/mol. The molecule has 0 bridgehead atoms. The number of carboxylic acids is 1. The number of carboxylic acid groups (broad SMARTS) is 1. The van der Waals surface area contributed by atoms with E-state index in [9.17, 15) is 4.79 Å². The van der Waals surface area contributed by atoms with Gasteiger partial charge in [0.1, 0.15) is 5.69 Å². The smallest absolute Gasteiger partial charge is 0.354 e. The Morgan fingerprint density at radius 3 is 2.94 bits per heavy atom. The van der Waals surface area contributed by atoms with E-state index in [1.807, 2.05) is 0 Å². The summed E-state index contributed by atoms with van der Waals surface area (Å²) < 4.78 is 5.43. The fraction of sp³-hybridized carbons (Fsp3) is 0.500. The maximum atomic E-state index is 10.9. The Balaban J connectivity index is 2.23. The van der Waals surface area contributed by atoms with Crippen LogP contribution >= 0.6 is 0 Å². The molecule has 1 fully saturated rings. The summed E-state index contributed by atoms with van der Waals surface area (Å²) in [5.74, 6) is -1.07. The Morgan fingerprint density at radius 2 is 2.39 bits per heavy atom. The standard InChI is InChI=1S/C12H17N3O3/c1-12(2)6-18-5-10(12)15-8-3-9(11(16)17)14-4-7(8)13/h3-4,10H,5-6,13H2,1-2H3,(H,14,15)(H,16,17). The lowest BCUT2D eigenvalue weighted by molar-refractivity contribution is 0.0690. The van der Waals surface area contributed by atoms with E-state index in [1.165, 1.54) is 12.3 Å². The van der Waals surface area contributed by atoms with Gasteiger partial charge >= 0.3 is 5.97 Å². The molecule has 0 aliphatic carbocycles. The van der Waals surface area contributed by atoms with Crippen LogP contribution in [-0.2, 0) is 4.74 Å². The molecule has 1 atom stereocenters. The molecule has 6 heteroatoms. The molecule has 0 amide bonds. The second-order valence-corrected chi connectivity index (χ2v) is 5.16. The molecule has 1 unspecified atom stereocenters. The van der Waals surface area contributed by atoms with Crippen LogP contribution in [0.2, 0.25) is 0 Å². The number of rotatable bonds is 3. The lowest BCUT2D eigenvalue weighted by Crippen LogP contribution is -2.35. The monoisotopic (exact) mass is 251 g/mol. The summed E-state index contributed by atoms with van der Waals surface area (Å²) in [6.07, 6.45) is 1.36. The second kappa shape index (κ2) is 4.45.